The topological polar surface area (TPSA) is 89.2 Å². The van der Waals surface area contributed by atoms with Gasteiger partial charge in [-0.1, -0.05) is 19.4 Å². The molecule has 1 aliphatic rings. The van der Waals surface area contributed by atoms with Gasteiger partial charge in [0.25, 0.3) is 11.7 Å². The second kappa shape index (κ2) is 8.43. The van der Waals surface area contributed by atoms with Crippen LogP contribution in [0, 0.1) is 6.92 Å². The lowest BCUT2D eigenvalue weighted by Crippen LogP contribution is -2.30. The van der Waals surface area contributed by atoms with Crippen LogP contribution in [0.15, 0.2) is 40.3 Å². The Morgan fingerprint density at radius 1 is 1.14 bits per heavy atom. The van der Waals surface area contributed by atoms with Crippen LogP contribution in [0.2, 0.25) is 0 Å². The molecule has 29 heavy (non-hydrogen) atoms. The minimum absolute atomic E-state index is 0.0387. The van der Waals surface area contributed by atoms with Crippen LogP contribution in [0.4, 0.5) is 0 Å². The Hall–Kier alpha value is -3.22. The number of methoxy groups -OCH3 is 2. The van der Waals surface area contributed by atoms with Gasteiger partial charge < -0.3 is 23.9 Å². The molecule has 7 heteroatoms. The minimum atomic E-state index is -0.815. The van der Waals surface area contributed by atoms with Crippen LogP contribution in [-0.4, -0.2) is 42.5 Å². The number of furan rings is 1. The lowest BCUT2D eigenvalue weighted by Gasteiger charge is -2.23. The molecule has 1 N–H and O–H groups in total. The average Bonchev–Trinajstić information content (AvgIpc) is 3.26. The van der Waals surface area contributed by atoms with E-state index >= 15 is 0 Å². The van der Waals surface area contributed by atoms with Gasteiger partial charge in [0.15, 0.2) is 0 Å². The van der Waals surface area contributed by atoms with Crippen molar-refractivity contribution in [3.8, 4) is 11.5 Å². The number of benzene rings is 1. The lowest BCUT2D eigenvalue weighted by atomic mass is 9.98. The molecular formula is C22H25NO6. The fourth-order valence-electron chi connectivity index (χ4n) is 3.55. The molecule has 0 aliphatic carbocycles. The number of amides is 1. The smallest absolute Gasteiger partial charge is 0.295 e. The van der Waals surface area contributed by atoms with Crippen LogP contribution in [0.25, 0.3) is 5.76 Å². The largest absolute Gasteiger partial charge is 0.506 e. The summed E-state index contributed by atoms with van der Waals surface area (Å²) in [6.45, 7) is 4.17. The summed E-state index contributed by atoms with van der Waals surface area (Å²) in [6.07, 6.45) is 1.58. The highest BCUT2D eigenvalue weighted by atomic mass is 16.5. The van der Waals surface area contributed by atoms with E-state index in [0.717, 1.165) is 12.8 Å². The van der Waals surface area contributed by atoms with Crippen molar-refractivity contribution in [1.82, 2.24) is 4.90 Å². The molecular weight excluding hydrogens is 374 g/mol. The van der Waals surface area contributed by atoms with E-state index in [0.29, 0.717) is 29.6 Å². The number of aryl methyl sites for hydroxylation is 1. The van der Waals surface area contributed by atoms with Crippen LogP contribution in [-0.2, 0) is 9.59 Å². The van der Waals surface area contributed by atoms with E-state index in [1.165, 1.54) is 19.1 Å². The highest BCUT2D eigenvalue weighted by molar-refractivity contribution is 6.46. The standard InChI is InChI=1S/C22H25NO6/c1-5-6-12-23-19(16-11-10-13(2)29-16)18(21(25)22(23)26)20(24)17-14(27-3)8-7-9-15(17)28-4/h7-11,19,24H,5-6,12H2,1-4H3/b20-18+. The molecule has 1 fully saturated rings. The Kier molecular flexibility index (Phi) is 5.96. The van der Waals surface area contributed by atoms with Crippen molar-refractivity contribution in [2.24, 2.45) is 0 Å². The Bertz CT molecular complexity index is 936. The third-order valence-corrected chi connectivity index (χ3v) is 4.99. The predicted octanol–water partition coefficient (Wildman–Crippen LogP) is 3.83. The van der Waals surface area contributed by atoms with Crippen molar-refractivity contribution in [3.63, 3.8) is 0 Å². The number of Topliss-reactive ketones (excluding diaryl/α,β-unsaturated/α-hetero) is 1. The first-order valence-electron chi connectivity index (χ1n) is 9.50. The number of carbonyl (C=O) groups excluding carboxylic acids is 2. The predicted molar refractivity (Wildman–Crippen MR) is 107 cm³/mol. The van der Waals surface area contributed by atoms with E-state index in [1.54, 1.807) is 37.3 Å². The molecule has 2 aromatic rings. The highest BCUT2D eigenvalue weighted by Crippen LogP contribution is 2.43. The van der Waals surface area contributed by atoms with Gasteiger partial charge in [-0.15, -0.1) is 0 Å². The number of hydrogen-bond donors (Lipinski definition) is 1. The van der Waals surface area contributed by atoms with Crippen LogP contribution in [0.1, 0.15) is 42.9 Å². The average molecular weight is 399 g/mol. The number of unbranched alkanes of at least 4 members (excludes halogenated alkanes) is 1. The molecule has 0 radical (unpaired) electrons. The Morgan fingerprint density at radius 3 is 2.31 bits per heavy atom. The van der Waals surface area contributed by atoms with Crippen LogP contribution >= 0.6 is 0 Å². The van der Waals surface area contributed by atoms with Gasteiger partial charge in [0, 0.05) is 6.54 Å². The Balaban J connectivity index is 2.24. The number of ether oxygens (including phenoxy) is 2. The molecule has 1 atom stereocenters. The summed E-state index contributed by atoms with van der Waals surface area (Å²) in [5.74, 6) is -0.0367. The third kappa shape index (κ3) is 3.60. The number of likely N-dealkylation sites (tertiary alicyclic amines) is 1. The molecule has 7 nitrogen and oxygen atoms in total. The molecule has 0 saturated carbocycles. The van der Waals surface area contributed by atoms with Gasteiger partial charge in [0.2, 0.25) is 0 Å². The fraction of sp³-hybridized carbons (Fsp3) is 0.364. The van der Waals surface area contributed by atoms with E-state index in [-0.39, 0.29) is 16.9 Å². The molecule has 1 unspecified atom stereocenters. The summed E-state index contributed by atoms with van der Waals surface area (Å²) in [4.78, 5) is 27.2. The summed E-state index contributed by atoms with van der Waals surface area (Å²) < 4.78 is 16.5. The van der Waals surface area contributed by atoms with Crippen molar-refractivity contribution in [3.05, 3.63) is 53.0 Å². The molecule has 1 aromatic carbocycles. The van der Waals surface area contributed by atoms with Crippen LogP contribution in [0.3, 0.4) is 0 Å². The Morgan fingerprint density at radius 2 is 1.79 bits per heavy atom. The van der Waals surface area contributed by atoms with Crippen molar-refractivity contribution in [2.75, 3.05) is 20.8 Å². The maximum absolute atomic E-state index is 13.0. The first kappa shape index (κ1) is 20.5. The zero-order valence-electron chi connectivity index (χ0n) is 17.0. The number of aliphatic hydroxyl groups excluding tert-OH is 1. The molecule has 1 aromatic heterocycles. The molecule has 0 bridgehead atoms. The van der Waals surface area contributed by atoms with Crippen molar-refractivity contribution in [1.29, 1.82) is 0 Å². The van der Waals surface area contributed by atoms with Gasteiger partial charge in [-0.3, -0.25) is 9.59 Å². The van der Waals surface area contributed by atoms with E-state index in [4.69, 9.17) is 13.9 Å². The SMILES string of the molecule is CCCCN1C(=O)C(=O)/C(=C(/O)c2c(OC)cccc2OC)C1c1ccc(C)o1. The van der Waals surface area contributed by atoms with Gasteiger partial charge in [-0.2, -0.15) is 0 Å². The van der Waals surface area contributed by atoms with Crippen LogP contribution < -0.4 is 9.47 Å². The molecule has 0 spiro atoms. The summed E-state index contributed by atoms with van der Waals surface area (Å²) in [6, 6.07) is 7.68. The quantitative estimate of drug-likeness (QED) is 0.432. The molecule has 2 heterocycles. The normalized spacial score (nSPS) is 18.3. The first-order chi connectivity index (χ1) is 13.9. The van der Waals surface area contributed by atoms with E-state index in [9.17, 15) is 14.7 Å². The molecule has 1 saturated heterocycles. The maximum Gasteiger partial charge on any atom is 0.295 e. The Labute approximate surface area is 169 Å². The summed E-state index contributed by atoms with van der Waals surface area (Å²) in [7, 11) is 2.91. The number of ketones is 1. The first-order valence-corrected chi connectivity index (χ1v) is 9.50. The third-order valence-electron chi connectivity index (χ3n) is 4.99. The lowest BCUT2D eigenvalue weighted by molar-refractivity contribution is -0.140. The second-order valence-corrected chi connectivity index (χ2v) is 6.83. The van der Waals surface area contributed by atoms with Gasteiger partial charge in [0.05, 0.1) is 19.8 Å². The van der Waals surface area contributed by atoms with E-state index in [2.05, 4.69) is 0 Å². The van der Waals surface area contributed by atoms with E-state index < -0.39 is 17.7 Å². The molecule has 1 amide bonds. The summed E-state index contributed by atoms with van der Waals surface area (Å²) >= 11 is 0. The number of aliphatic hydroxyl groups is 1. The van der Waals surface area contributed by atoms with Gasteiger partial charge in [-0.25, -0.2) is 0 Å². The fourth-order valence-corrected chi connectivity index (χ4v) is 3.55. The van der Waals surface area contributed by atoms with Crippen molar-refractivity contribution < 1.29 is 28.6 Å². The van der Waals surface area contributed by atoms with Crippen molar-refractivity contribution in [2.45, 2.75) is 32.7 Å². The number of nitrogens with zero attached hydrogens (tertiary/aromatic N) is 1. The van der Waals surface area contributed by atoms with Crippen molar-refractivity contribution >= 4 is 17.4 Å². The minimum Gasteiger partial charge on any atom is -0.506 e. The maximum atomic E-state index is 13.0. The summed E-state index contributed by atoms with van der Waals surface area (Å²) in [5, 5.41) is 11.2. The number of hydrogen-bond acceptors (Lipinski definition) is 6. The van der Waals surface area contributed by atoms with Gasteiger partial charge in [-0.05, 0) is 37.6 Å². The van der Waals surface area contributed by atoms with Gasteiger partial charge >= 0.3 is 0 Å². The monoisotopic (exact) mass is 399 g/mol. The van der Waals surface area contributed by atoms with E-state index in [1.807, 2.05) is 6.92 Å². The zero-order valence-corrected chi connectivity index (χ0v) is 17.0. The summed E-state index contributed by atoms with van der Waals surface area (Å²) in [5.41, 5.74) is 0.183. The highest BCUT2D eigenvalue weighted by Gasteiger charge is 2.47. The molecule has 1 aliphatic heterocycles. The second-order valence-electron chi connectivity index (χ2n) is 6.83. The van der Waals surface area contributed by atoms with Crippen LogP contribution in [0.5, 0.6) is 11.5 Å². The molecule has 3 rings (SSSR count). The van der Waals surface area contributed by atoms with Gasteiger partial charge in [0.1, 0.15) is 40.4 Å². The number of rotatable bonds is 7. The zero-order chi connectivity index (χ0) is 21.1. The molecule has 154 valence electrons. The number of carbonyl (C=O) groups is 2.